The molecule has 0 radical (unpaired) electrons. The minimum atomic E-state index is -0.725. The normalized spacial score (nSPS) is 22.0. The van der Waals surface area contributed by atoms with Crippen LogP contribution in [0.25, 0.3) is 0 Å². The summed E-state index contributed by atoms with van der Waals surface area (Å²) in [4.78, 5) is 18.1. The molecule has 1 aromatic carbocycles. The van der Waals surface area contributed by atoms with Crippen LogP contribution in [-0.4, -0.2) is 33.5 Å². The number of carbonyl (C=O) groups is 1. The van der Waals surface area contributed by atoms with Gasteiger partial charge in [0.15, 0.2) is 0 Å². The molecule has 30 heavy (non-hydrogen) atoms. The van der Waals surface area contributed by atoms with Crippen LogP contribution < -0.4 is 4.74 Å². The summed E-state index contributed by atoms with van der Waals surface area (Å²) in [5, 5.41) is 9.42. The molecule has 1 N–H and O–H groups in total. The van der Waals surface area contributed by atoms with Crippen molar-refractivity contribution in [2.45, 2.75) is 57.7 Å². The number of piperidine rings is 1. The second-order valence-corrected chi connectivity index (χ2v) is 8.08. The van der Waals surface area contributed by atoms with E-state index in [0.717, 1.165) is 55.1 Å². The highest BCUT2D eigenvalue weighted by Crippen LogP contribution is 2.26. The fourth-order valence-electron chi connectivity index (χ4n) is 4.01. The molecule has 6 nitrogen and oxygen atoms in total. The van der Waals surface area contributed by atoms with Gasteiger partial charge < -0.3 is 14.3 Å². The van der Waals surface area contributed by atoms with Gasteiger partial charge in [-0.2, -0.15) is 0 Å². The average Bonchev–Trinajstić information content (AvgIpc) is 3.23. The summed E-state index contributed by atoms with van der Waals surface area (Å²) >= 11 is 0. The maximum atomic E-state index is 11.5. The largest absolute Gasteiger partial charge is 0.487 e. The first-order valence-corrected chi connectivity index (χ1v) is 10.6. The van der Waals surface area contributed by atoms with Gasteiger partial charge in [-0.15, -0.1) is 0 Å². The van der Waals surface area contributed by atoms with Crippen molar-refractivity contribution in [1.29, 1.82) is 0 Å². The van der Waals surface area contributed by atoms with Crippen LogP contribution >= 0.6 is 0 Å². The molecule has 2 unspecified atom stereocenters. The van der Waals surface area contributed by atoms with Crippen LogP contribution in [0, 0.1) is 0 Å². The molecule has 0 amide bonds. The van der Waals surface area contributed by atoms with Gasteiger partial charge in [0.2, 0.25) is 5.89 Å². The minimum Gasteiger partial charge on any atom is -0.487 e. The summed E-state index contributed by atoms with van der Waals surface area (Å²) in [6.07, 6.45) is 11.7. The van der Waals surface area contributed by atoms with Crippen LogP contribution in [0.1, 0.15) is 55.7 Å². The number of benzene rings is 1. The molecule has 2 heterocycles. The number of carboxylic acid groups (broad SMARTS) is 1. The second kappa shape index (κ2) is 9.30. The average molecular weight is 408 g/mol. The van der Waals surface area contributed by atoms with E-state index in [9.17, 15) is 9.90 Å². The number of oxazole rings is 1. The van der Waals surface area contributed by atoms with Crippen molar-refractivity contribution in [3.05, 3.63) is 71.5 Å². The molecule has 1 saturated heterocycles. The van der Waals surface area contributed by atoms with E-state index in [1.54, 1.807) is 6.26 Å². The number of aromatic nitrogens is 1. The highest BCUT2D eigenvalue weighted by atomic mass is 16.5. The van der Waals surface area contributed by atoms with Crippen molar-refractivity contribution < 1.29 is 19.1 Å². The molecule has 1 fully saturated rings. The third-order valence-electron chi connectivity index (χ3n) is 5.77. The fourth-order valence-corrected chi connectivity index (χ4v) is 4.01. The van der Waals surface area contributed by atoms with Gasteiger partial charge in [-0.25, -0.2) is 4.98 Å². The third-order valence-corrected chi connectivity index (χ3v) is 5.77. The van der Waals surface area contributed by atoms with E-state index >= 15 is 0 Å². The van der Waals surface area contributed by atoms with E-state index in [0.29, 0.717) is 13.2 Å². The monoisotopic (exact) mass is 408 g/mol. The van der Waals surface area contributed by atoms with E-state index < -0.39 is 5.97 Å². The first-order chi connectivity index (χ1) is 14.6. The number of aliphatic carboxylic acids is 1. The summed E-state index contributed by atoms with van der Waals surface area (Å²) in [7, 11) is 0. The number of carboxylic acids is 1. The Morgan fingerprint density at radius 2 is 2.13 bits per heavy atom. The van der Waals surface area contributed by atoms with E-state index in [2.05, 4.69) is 35.0 Å². The van der Waals surface area contributed by atoms with Crippen molar-refractivity contribution in [3.63, 3.8) is 0 Å². The molecular weight excluding hydrogens is 380 g/mol. The highest BCUT2D eigenvalue weighted by molar-refractivity contribution is 5.73. The molecule has 4 rings (SSSR count). The molecule has 2 atom stereocenters. The Morgan fingerprint density at radius 3 is 2.87 bits per heavy atom. The number of ether oxygens (including phenoxy) is 1. The Hall–Kier alpha value is -2.86. The lowest BCUT2D eigenvalue weighted by Crippen LogP contribution is -2.43. The van der Waals surface area contributed by atoms with Gasteiger partial charge in [0.1, 0.15) is 30.4 Å². The predicted octanol–water partition coefficient (Wildman–Crippen LogP) is 4.68. The quantitative estimate of drug-likeness (QED) is 0.717. The smallest absolute Gasteiger partial charge is 0.320 e. The summed E-state index contributed by atoms with van der Waals surface area (Å²) < 4.78 is 11.5. The SMILES string of the molecule is CC1=CCC(c2nc(COc3ccc(CN4CCCCC4C(=O)O)cc3)co2)C=C1. The number of hydrogen-bond donors (Lipinski definition) is 1. The van der Waals surface area contributed by atoms with Crippen molar-refractivity contribution in [3.8, 4) is 5.75 Å². The Kier molecular flexibility index (Phi) is 6.33. The van der Waals surface area contributed by atoms with E-state index in [1.165, 1.54) is 5.57 Å². The summed E-state index contributed by atoms with van der Waals surface area (Å²) in [5.74, 6) is 0.939. The summed E-state index contributed by atoms with van der Waals surface area (Å²) in [6, 6.07) is 7.47. The van der Waals surface area contributed by atoms with E-state index in [-0.39, 0.29) is 12.0 Å². The fraction of sp³-hybridized carbons (Fsp3) is 0.417. The van der Waals surface area contributed by atoms with Gasteiger partial charge >= 0.3 is 5.97 Å². The van der Waals surface area contributed by atoms with Crippen LogP contribution in [-0.2, 0) is 17.9 Å². The summed E-state index contributed by atoms with van der Waals surface area (Å²) in [6.45, 7) is 3.91. The molecule has 0 bridgehead atoms. The number of nitrogens with zero attached hydrogens (tertiary/aromatic N) is 2. The van der Waals surface area contributed by atoms with Crippen molar-refractivity contribution in [1.82, 2.24) is 9.88 Å². The van der Waals surface area contributed by atoms with E-state index in [4.69, 9.17) is 9.15 Å². The molecule has 2 aliphatic rings. The number of rotatable bonds is 7. The Morgan fingerprint density at radius 1 is 1.30 bits per heavy atom. The molecule has 1 aliphatic heterocycles. The molecular formula is C24H28N2O4. The highest BCUT2D eigenvalue weighted by Gasteiger charge is 2.28. The minimum absolute atomic E-state index is 0.186. The van der Waals surface area contributed by atoms with E-state index in [1.807, 2.05) is 24.3 Å². The molecule has 2 aromatic rings. The standard InChI is InChI=1S/C24H28N2O4/c1-17-5-9-19(10-6-17)23-25-20(16-30-23)15-29-21-11-7-18(8-12-21)14-26-13-3-2-4-22(26)24(27)28/h5-9,11-12,16,19,22H,2-4,10,13-15H2,1H3,(H,27,28). The van der Waals surface area contributed by atoms with Crippen LogP contribution in [0.3, 0.4) is 0 Å². The van der Waals surface area contributed by atoms with Gasteiger partial charge in [0, 0.05) is 6.54 Å². The zero-order valence-electron chi connectivity index (χ0n) is 17.3. The maximum absolute atomic E-state index is 11.5. The van der Waals surface area contributed by atoms with Crippen LogP contribution in [0.4, 0.5) is 0 Å². The zero-order valence-corrected chi connectivity index (χ0v) is 17.3. The van der Waals surface area contributed by atoms with Gasteiger partial charge in [0.25, 0.3) is 0 Å². The Bertz CT molecular complexity index is 929. The molecule has 0 saturated carbocycles. The van der Waals surface area contributed by atoms with Crippen LogP contribution in [0.5, 0.6) is 5.75 Å². The van der Waals surface area contributed by atoms with Crippen molar-refractivity contribution in [2.24, 2.45) is 0 Å². The lowest BCUT2D eigenvalue weighted by atomic mass is 9.97. The molecule has 1 aliphatic carbocycles. The zero-order chi connectivity index (χ0) is 20.9. The first kappa shape index (κ1) is 20.4. The van der Waals surface area contributed by atoms with Crippen LogP contribution in [0.15, 0.2) is 58.7 Å². The third kappa shape index (κ3) is 5.00. The van der Waals surface area contributed by atoms with Crippen molar-refractivity contribution in [2.75, 3.05) is 6.54 Å². The molecule has 1 aromatic heterocycles. The Balaban J connectivity index is 1.30. The first-order valence-electron chi connectivity index (χ1n) is 10.6. The van der Waals surface area contributed by atoms with Gasteiger partial charge in [-0.1, -0.05) is 42.4 Å². The van der Waals surface area contributed by atoms with Crippen molar-refractivity contribution >= 4 is 5.97 Å². The lowest BCUT2D eigenvalue weighted by molar-refractivity contribution is -0.144. The lowest BCUT2D eigenvalue weighted by Gasteiger charge is -2.32. The topological polar surface area (TPSA) is 75.8 Å². The maximum Gasteiger partial charge on any atom is 0.320 e. The number of likely N-dealkylation sites (tertiary alicyclic amines) is 1. The second-order valence-electron chi connectivity index (χ2n) is 8.08. The molecule has 0 spiro atoms. The van der Waals surface area contributed by atoms with Gasteiger partial charge in [0.05, 0.1) is 5.92 Å². The number of allylic oxidation sites excluding steroid dienone is 4. The predicted molar refractivity (Wildman–Crippen MR) is 113 cm³/mol. The van der Waals surface area contributed by atoms with Crippen LogP contribution in [0.2, 0.25) is 0 Å². The number of hydrogen-bond acceptors (Lipinski definition) is 5. The molecule has 6 heteroatoms. The van der Waals surface area contributed by atoms with Gasteiger partial charge in [-0.3, -0.25) is 9.69 Å². The van der Waals surface area contributed by atoms with Gasteiger partial charge in [-0.05, 0) is 50.4 Å². The summed E-state index contributed by atoms with van der Waals surface area (Å²) in [5.41, 5.74) is 3.13. The molecule has 158 valence electrons. The Labute approximate surface area is 176 Å².